The van der Waals surface area contributed by atoms with E-state index in [2.05, 4.69) is 134 Å². The van der Waals surface area contributed by atoms with Crippen LogP contribution in [0.5, 0.6) is 0 Å². The van der Waals surface area contributed by atoms with Crippen LogP contribution in [0.15, 0.2) is 144 Å². The molecule has 0 bridgehead atoms. The van der Waals surface area contributed by atoms with E-state index in [1.165, 1.54) is 38.9 Å². The van der Waals surface area contributed by atoms with E-state index in [1.807, 2.05) is 12.1 Å². The first kappa shape index (κ1) is 22.1. The number of aryl methyl sites for hydroxylation is 1. The van der Waals surface area contributed by atoms with E-state index in [1.54, 1.807) is 0 Å². The van der Waals surface area contributed by atoms with Gasteiger partial charge in [0.25, 0.3) is 0 Å². The molecular weight excluding hydrogens is 472 g/mol. The van der Waals surface area contributed by atoms with Crippen molar-refractivity contribution in [2.24, 2.45) is 0 Å². The van der Waals surface area contributed by atoms with Crippen LogP contribution in [0.25, 0.3) is 44.2 Å². The van der Waals surface area contributed by atoms with Crippen molar-refractivity contribution in [2.45, 2.75) is 12.3 Å². The molecule has 1 heteroatoms. The molecule has 8 rings (SSSR count). The molecule has 0 aliphatic heterocycles. The molecule has 1 heterocycles. The lowest BCUT2D eigenvalue weighted by molar-refractivity contribution is 0.670. The summed E-state index contributed by atoms with van der Waals surface area (Å²) in [6.07, 6.45) is 0. The van der Waals surface area contributed by atoms with Crippen LogP contribution in [0.1, 0.15) is 27.8 Å². The maximum absolute atomic E-state index is 6.36. The summed E-state index contributed by atoms with van der Waals surface area (Å²) < 4.78 is 6.36. The highest BCUT2D eigenvalue weighted by molar-refractivity contribution is 6.09. The Labute approximate surface area is 228 Å². The van der Waals surface area contributed by atoms with Crippen LogP contribution in [0.2, 0.25) is 0 Å². The Kier molecular flexibility index (Phi) is 4.72. The molecule has 0 spiro atoms. The smallest absolute Gasteiger partial charge is 0.143 e. The highest BCUT2D eigenvalue weighted by Crippen LogP contribution is 2.56. The second-order valence-electron chi connectivity index (χ2n) is 10.6. The van der Waals surface area contributed by atoms with Gasteiger partial charge in [-0.2, -0.15) is 0 Å². The van der Waals surface area contributed by atoms with E-state index in [4.69, 9.17) is 4.42 Å². The Balaban J connectivity index is 1.37. The van der Waals surface area contributed by atoms with Crippen molar-refractivity contribution in [2.75, 3.05) is 0 Å². The SMILES string of the molecule is Cc1ccc2c(c1)C(c1ccccc1)(c1ccc(-c3cccc4c3oc3ccccc34)cc1)c1ccccc1-2. The number of benzene rings is 6. The van der Waals surface area contributed by atoms with Crippen LogP contribution in [-0.2, 0) is 5.41 Å². The fourth-order valence-electron chi connectivity index (χ4n) is 6.74. The van der Waals surface area contributed by atoms with Gasteiger partial charge in [0.1, 0.15) is 11.2 Å². The Bertz CT molecular complexity index is 2010. The van der Waals surface area contributed by atoms with Crippen LogP contribution < -0.4 is 0 Å². The minimum absolute atomic E-state index is 0.386. The van der Waals surface area contributed by atoms with Gasteiger partial charge in [0, 0.05) is 16.3 Å². The van der Waals surface area contributed by atoms with Gasteiger partial charge in [-0.15, -0.1) is 0 Å². The van der Waals surface area contributed by atoms with Crippen molar-refractivity contribution < 1.29 is 4.42 Å². The zero-order valence-electron chi connectivity index (χ0n) is 21.7. The maximum atomic E-state index is 6.36. The number of furan rings is 1. The van der Waals surface area contributed by atoms with E-state index < -0.39 is 0 Å². The van der Waals surface area contributed by atoms with Crippen LogP contribution in [0.3, 0.4) is 0 Å². The maximum Gasteiger partial charge on any atom is 0.143 e. The molecule has 1 unspecified atom stereocenters. The number of hydrogen-bond donors (Lipinski definition) is 0. The summed E-state index contributed by atoms with van der Waals surface area (Å²) in [5.74, 6) is 0. The molecule has 0 amide bonds. The van der Waals surface area contributed by atoms with Crippen LogP contribution in [0.4, 0.5) is 0 Å². The topological polar surface area (TPSA) is 13.1 Å². The molecule has 39 heavy (non-hydrogen) atoms. The van der Waals surface area contributed by atoms with Crippen LogP contribution >= 0.6 is 0 Å². The molecule has 1 atom stereocenters. The van der Waals surface area contributed by atoms with Gasteiger partial charge >= 0.3 is 0 Å². The number of fused-ring (bicyclic) bond motifs is 6. The molecule has 0 saturated carbocycles. The van der Waals surface area contributed by atoms with Crippen molar-refractivity contribution in [3.8, 4) is 22.3 Å². The molecule has 1 aliphatic carbocycles. The van der Waals surface area contributed by atoms with Gasteiger partial charge in [-0.05, 0) is 51.9 Å². The van der Waals surface area contributed by atoms with Gasteiger partial charge in [-0.25, -0.2) is 0 Å². The zero-order valence-corrected chi connectivity index (χ0v) is 21.7. The van der Waals surface area contributed by atoms with E-state index in [-0.39, 0.29) is 5.41 Å². The lowest BCUT2D eigenvalue weighted by Gasteiger charge is -2.34. The third-order valence-electron chi connectivity index (χ3n) is 8.44. The first-order valence-electron chi connectivity index (χ1n) is 13.5. The zero-order chi connectivity index (χ0) is 26.0. The Morgan fingerprint density at radius 3 is 2.03 bits per heavy atom. The number of hydrogen-bond acceptors (Lipinski definition) is 1. The predicted molar refractivity (Wildman–Crippen MR) is 161 cm³/mol. The van der Waals surface area contributed by atoms with Crippen molar-refractivity contribution in [1.29, 1.82) is 0 Å². The predicted octanol–water partition coefficient (Wildman–Crippen LogP) is 9.92. The van der Waals surface area contributed by atoms with Crippen molar-refractivity contribution in [3.05, 3.63) is 167 Å². The van der Waals surface area contributed by atoms with Gasteiger partial charge < -0.3 is 4.42 Å². The Morgan fingerprint density at radius 2 is 1.15 bits per heavy atom. The highest BCUT2D eigenvalue weighted by Gasteiger charge is 2.45. The lowest BCUT2D eigenvalue weighted by atomic mass is 9.67. The fraction of sp³-hybridized carbons (Fsp3) is 0.0526. The standard InChI is InChI=1S/C38H26O/c1-25-18-23-31-30-12-5-7-16-34(30)38(35(31)24-25,27-10-3-2-4-11-27)28-21-19-26(20-22-28)29-14-9-15-33-32-13-6-8-17-36(32)39-37(29)33/h2-24H,1H3. The normalized spacial score (nSPS) is 15.9. The van der Waals surface area contributed by atoms with E-state index in [9.17, 15) is 0 Å². The quantitative estimate of drug-likeness (QED) is 0.236. The second-order valence-corrected chi connectivity index (χ2v) is 10.6. The van der Waals surface area contributed by atoms with Gasteiger partial charge in [0.05, 0.1) is 5.41 Å². The molecule has 0 radical (unpaired) electrons. The van der Waals surface area contributed by atoms with Gasteiger partial charge in [0.15, 0.2) is 0 Å². The Morgan fingerprint density at radius 1 is 0.487 bits per heavy atom. The first-order valence-corrected chi connectivity index (χ1v) is 13.5. The molecule has 1 nitrogen and oxygen atoms in total. The molecule has 1 aliphatic rings. The van der Waals surface area contributed by atoms with E-state index in [0.29, 0.717) is 0 Å². The minimum Gasteiger partial charge on any atom is -0.455 e. The molecule has 0 fully saturated rings. The van der Waals surface area contributed by atoms with Gasteiger partial charge in [-0.3, -0.25) is 0 Å². The summed E-state index contributed by atoms with van der Waals surface area (Å²) in [6.45, 7) is 2.19. The van der Waals surface area contributed by atoms with Gasteiger partial charge in [-0.1, -0.05) is 139 Å². The van der Waals surface area contributed by atoms with Gasteiger partial charge in [0.2, 0.25) is 0 Å². The summed E-state index contributed by atoms with van der Waals surface area (Å²) in [4.78, 5) is 0. The van der Waals surface area contributed by atoms with Crippen LogP contribution in [-0.4, -0.2) is 0 Å². The average molecular weight is 499 g/mol. The number of para-hydroxylation sites is 2. The summed E-state index contributed by atoms with van der Waals surface area (Å²) in [5, 5.41) is 2.31. The molecule has 0 saturated heterocycles. The van der Waals surface area contributed by atoms with E-state index >= 15 is 0 Å². The second kappa shape index (κ2) is 8.31. The van der Waals surface area contributed by atoms with E-state index in [0.717, 1.165) is 33.1 Å². The minimum atomic E-state index is -0.386. The third kappa shape index (κ3) is 3.08. The average Bonchev–Trinajstić information content (AvgIpc) is 3.51. The Hall–Kier alpha value is -4.88. The molecule has 184 valence electrons. The molecule has 1 aromatic heterocycles. The molecule has 7 aromatic rings. The van der Waals surface area contributed by atoms with Crippen molar-refractivity contribution in [1.82, 2.24) is 0 Å². The summed E-state index contributed by atoms with van der Waals surface area (Å²) >= 11 is 0. The lowest BCUT2D eigenvalue weighted by Crippen LogP contribution is -2.28. The third-order valence-corrected chi connectivity index (χ3v) is 8.44. The van der Waals surface area contributed by atoms with Crippen molar-refractivity contribution in [3.63, 3.8) is 0 Å². The van der Waals surface area contributed by atoms with Crippen molar-refractivity contribution >= 4 is 21.9 Å². The highest BCUT2D eigenvalue weighted by atomic mass is 16.3. The summed E-state index contributed by atoms with van der Waals surface area (Å²) in [7, 11) is 0. The first-order chi connectivity index (χ1) is 19.2. The molecule has 0 N–H and O–H groups in total. The largest absolute Gasteiger partial charge is 0.455 e. The van der Waals surface area contributed by atoms with Crippen LogP contribution in [0, 0.1) is 6.92 Å². The molecule has 6 aromatic carbocycles. The monoisotopic (exact) mass is 498 g/mol. The molecular formula is C38H26O. The summed E-state index contributed by atoms with van der Waals surface area (Å²) in [6, 6.07) is 50.7. The summed E-state index contributed by atoms with van der Waals surface area (Å²) in [5.41, 5.74) is 12.9. The fourth-order valence-corrected chi connectivity index (χ4v) is 6.74. The number of rotatable bonds is 3.